The Hall–Kier alpha value is -0.900. The van der Waals surface area contributed by atoms with Crippen LogP contribution in [0, 0.1) is 6.92 Å². The maximum Gasteiger partial charge on any atom is 0.0408 e. The van der Waals surface area contributed by atoms with E-state index in [1.54, 1.807) is 6.20 Å². The molecule has 0 radical (unpaired) electrons. The maximum absolute atomic E-state index is 11.1. The predicted octanol–water partition coefficient (Wildman–Crippen LogP) is 1.57. The summed E-state index contributed by atoms with van der Waals surface area (Å²) in [6, 6.07) is 3.90. The van der Waals surface area contributed by atoms with Crippen LogP contribution in [0.1, 0.15) is 12.6 Å². The normalized spacial score (nSPS) is 12.4. The number of nitrogens with one attached hydrogen (secondary N) is 1. The third-order valence-corrected chi connectivity index (χ3v) is 3.18. The lowest BCUT2D eigenvalue weighted by Crippen LogP contribution is -2.12. The van der Waals surface area contributed by atoms with Crippen molar-refractivity contribution in [1.82, 2.24) is 4.98 Å². The molecule has 0 aliphatic heterocycles. The topological polar surface area (TPSA) is 42.0 Å². The lowest BCUT2D eigenvalue weighted by molar-refractivity contribution is 0.684. The zero-order valence-electron chi connectivity index (χ0n) is 8.62. The van der Waals surface area contributed by atoms with Crippen molar-refractivity contribution in [2.45, 2.75) is 13.8 Å². The summed E-state index contributed by atoms with van der Waals surface area (Å²) in [7, 11) is -0.684. The average molecular weight is 212 g/mol. The molecule has 0 fully saturated rings. The monoisotopic (exact) mass is 212 g/mol. The molecule has 4 heteroatoms. The third kappa shape index (κ3) is 3.87. The molecule has 1 atom stereocenters. The van der Waals surface area contributed by atoms with Crippen molar-refractivity contribution in [2.24, 2.45) is 0 Å². The second-order valence-electron chi connectivity index (χ2n) is 3.05. The molecule has 1 rings (SSSR count). The van der Waals surface area contributed by atoms with E-state index in [9.17, 15) is 4.21 Å². The SMILES string of the molecule is CCS(=O)CCNc1ccnc(C)c1. The summed E-state index contributed by atoms with van der Waals surface area (Å²) in [5, 5.41) is 3.22. The van der Waals surface area contributed by atoms with Gasteiger partial charge in [0, 0.05) is 46.4 Å². The zero-order valence-corrected chi connectivity index (χ0v) is 9.43. The van der Waals surface area contributed by atoms with Gasteiger partial charge < -0.3 is 5.32 Å². The van der Waals surface area contributed by atoms with E-state index in [0.717, 1.165) is 23.7 Å². The molecular formula is C10H16N2OS. The Bertz CT molecular complexity index is 315. The van der Waals surface area contributed by atoms with Crippen LogP contribution in [0.4, 0.5) is 5.69 Å². The van der Waals surface area contributed by atoms with E-state index in [1.165, 1.54) is 0 Å². The van der Waals surface area contributed by atoms with Crippen LogP contribution in [0.15, 0.2) is 18.3 Å². The molecule has 0 aliphatic carbocycles. The lowest BCUT2D eigenvalue weighted by atomic mass is 10.3. The average Bonchev–Trinajstić information content (AvgIpc) is 2.17. The number of hydrogen-bond acceptors (Lipinski definition) is 3. The number of pyridine rings is 1. The van der Waals surface area contributed by atoms with Gasteiger partial charge in [0.05, 0.1) is 0 Å². The van der Waals surface area contributed by atoms with Crippen LogP contribution in [0.3, 0.4) is 0 Å². The minimum absolute atomic E-state index is 0.684. The van der Waals surface area contributed by atoms with Gasteiger partial charge in [0.2, 0.25) is 0 Å². The van der Waals surface area contributed by atoms with Crippen molar-refractivity contribution in [3.63, 3.8) is 0 Å². The van der Waals surface area contributed by atoms with Crippen molar-refractivity contribution in [3.05, 3.63) is 24.0 Å². The Labute approximate surface area is 87.4 Å². The van der Waals surface area contributed by atoms with Crippen LogP contribution in [0.2, 0.25) is 0 Å². The lowest BCUT2D eigenvalue weighted by Gasteiger charge is -2.05. The molecule has 0 aliphatic rings. The number of aromatic nitrogens is 1. The van der Waals surface area contributed by atoms with Gasteiger partial charge >= 0.3 is 0 Å². The standard InChI is InChI=1S/C10H16N2OS/c1-3-14(13)7-6-12-10-4-5-11-9(2)8-10/h4-5,8H,3,6-7H2,1-2H3,(H,11,12). The summed E-state index contributed by atoms with van der Waals surface area (Å²) in [4.78, 5) is 4.10. The molecule has 1 aromatic rings. The van der Waals surface area contributed by atoms with E-state index >= 15 is 0 Å². The van der Waals surface area contributed by atoms with E-state index in [4.69, 9.17) is 0 Å². The smallest absolute Gasteiger partial charge is 0.0408 e. The summed E-state index contributed by atoms with van der Waals surface area (Å²) >= 11 is 0. The largest absolute Gasteiger partial charge is 0.384 e. The minimum Gasteiger partial charge on any atom is -0.384 e. The van der Waals surface area contributed by atoms with Gasteiger partial charge in [-0.25, -0.2) is 0 Å². The first-order chi connectivity index (χ1) is 6.72. The molecule has 1 heterocycles. The molecule has 1 N–H and O–H groups in total. The van der Waals surface area contributed by atoms with Gasteiger partial charge in [-0.05, 0) is 19.1 Å². The van der Waals surface area contributed by atoms with Crippen molar-refractivity contribution in [3.8, 4) is 0 Å². The fourth-order valence-corrected chi connectivity index (χ4v) is 1.73. The van der Waals surface area contributed by atoms with Crippen LogP contribution in [0.25, 0.3) is 0 Å². The Kier molecular flexibility index (Phi) is 4.59. The number of nitrogens with zero attached hydrogens (tertiary/aromatic N) is 1. The highest BCUT2D eigenvalue weighted by atomic mass is 32.2. The van der Waals surface area contributed by atoms with Crippen LogP contribution in [0.5, 0.6) is 0 Å². The number of hydrogen-bond donors (Lipinski definition) is 1. The second kappa shape index (κ2) is 5.75. The van der Waals surface area contributed by atoms with Gasteiger partial charge in [0.15, 0.2) is 0 Å². The highest BCUT2D eigenvalue weighted by Crippen LogP contribution is 2.05. The minimum atomic E-state index is -0.684. The molecule has 0 aromatic carbocycles. The number of aryl methyl sites for hydroxylation is 1. The van der Waals surface area contributed by atoms with Crippen LogP contribution in [-0.2, 0) is 10.8 Å². The van der Waals surface area contributed by atoms with Crippen LogP contribution < -0.4 is 5.32 Å². The summed E-state index contributed by atoms with van der Waals surface area (Å²) in [6.07, 6.45) is 1.77. The van der Waals surface area contributed by atoms with Gasteiger partial charge in [0.25, 0.3) is 0 Å². The first kappa shape index (κ1) is 11.2. The maximum atomic E-state index is 11.1. The molecule has 0 bridgehead atoms. The molecule has 78 valence electrons. The van der Waals surface area contributed by atoms with Crippen molar-refractivity contribution >= 4 is 16.5 Å². The number of anilines is 1. The Morgan fingerprint density at radius 1 is 1.57 bits per heavy atom. The molecule has 1 unspecified atom stereocenters. The van der Waals surface area contributed by atoms with Gasteiger partial charge in [0.1, 0.15) is 0 Å². The van der Waals surface area contributed by atoms with Crippen LogP contribution in [-0.4, -0.2) is 27.2 Å². The van der Waals surface area contributed by atoms with E-state index in [0.29, 0.717) is 5.75 Å². The van der Waals surface area contributed by atoms with Gasteiger partial charge in [-0.15, -0.1) is 0 Å². The summed E-state index contributed by atoms with van der Waals surface area (Å²) in [6.45, 7) is 4.64. The molecule has 0 amide bonds. The quantitative estimate of drug-likeness (QED) is 0.805. The third-order valence-electron chi connectivity index (χ3n) is 1.88. The highest BCUT2D eigenvalue weighted by molar-refractivity contribution is 7.84. The molecule has 14 heavy (non-hydrogen) atoms. The highest BCUT2D eigenvalue weighted by Gasteiger charge is 1.96. The fourth-order valence-electron chi connectivity index (χ4n) is 1.11. The molecule has 0 spiro atoms. The first-order valence-electron chi connectivity index (χ1n) is 4.74. The summed E-state index contributed by atoms with van der Waals surface area (Å²) in [5.41, 5.74) is 2.04. The van der Waals surface area contributed by atoms with Crippen molar-refractivity contribution in [2.75, 3.05) is 23.4 Å². The second-order valence-corrected chi connectivity index (χ2v) is 4.91. The first-order valence-corrected chi connectivity index (χ1v) is 6.22. The zero-order chi connectivity index (χ0) is 10.4. The van der Waals surface area contributed by atoms with Gasteiger partial charge in [-0.1, -0.05) is 6.92 Å². The van der Waals surface area contributed by atoms with Crippen molar-refractivity contribution in [1.29, 1.82) is 0 Å². The predicted molar refractivity (Wildman–Crippen MR) is 61.0 cm³/mol. The molecule has 3 nitrogen and oxygen atoms in total. The fraction of sp³-hybridized carbons (Fsp3) is 0.500. The molecule has 0 saturated carbocycles. The van der Waals surface area contributed by atoms with E-state index in [2.05, 4.69) is 10.3 Å². The van der Waals surface area contributed by atoms with Crippen molar-refractivity contribution < 1.29 is 4.21 Å². The molecule has 1 aromatic heterocycles. The van der Waals surface area contributed by atoms with E-state index in [-0.39, 0.29) is 0 Å². The van der Waals surface area contributed by atoms with E-state index in [1.807, 2.05) is 26.0 Å². The Morgan fingerprint density at radius 2 is 2.36 bits per heavy atom. The number of rotatable bonds is 5. The summed E-state index contributed by atoms with van der Waals surface area (Å²) < 4.78 is 11.1. The Morgan fingerprint density at radius 3 is 3.00 bits per heavy atom. The van der Waals surface area contributed by atoms with Gasteiger partial charge in [-0.3, -0.25) is 9.19 Å². The summed E-state index contributed by atoms with van der Waals surface area (Å²) in [5.74, 6) is 1.44. The van der Waals surface area contributed by atoms with Gasteiger partial charge in [-0.2, -0.15) is 0 Å². The van der Waals surface area contributed by atoms with Crippen LogP contribution >= 0.6 is 0 Å². The molecule has 0 saturated heterocycles. The van der Waals surface area contributed by atoms with E-state index < -0.39 is 10.8 Å². The molecular weight excluding hydrogens is 196 g/mol. The Balaban J connectivity index is 2.35.